The minimum atomic E-state index is -0.686. The molecule has 4 nitrogen and oxygen atoms in total. The van der Waals surface area contributed by atoms with Gasteiger partial charge in [0.2, 0.25) is 0 Å². The van der Waals surface area contributed by atoms with Crippen LogP contribution in [0.4, 0.5) is 0 Å². The number of aliphatic hydroxyl groups excluding tert-OH is 1. The van der Waals surface area contributed by atoms with Crippen LogP contribution in [-0.4, -0.2) is 43.7 Å². The third-order valence-corrected chi connectivity index (χ3v) is 3.76. The van der Waals surface area contributed by atoms with E-state index in [1.807, 2.05) is 31.2 Å². The molecular weight excluding hydrogens is 292 g/mol. The largest absolute Gasteiger partial charge is 0.497 e. The van der Waals surface area contributed by atoms with Crippen molar-refractivity contribution in [3.8, 4) is 5.75 Å². The fourth-order valence-electron chi connectivity index (χ4n) is 2.28. The van der Waals surface area contributed by atoms with Crippen LogP contribution in [-0.2, 0) is 15.9 Å². The molecule has 0 aliphatic rings. The Bertz CT molecular complexity index is 430. The van der Waals surface area contributed by atoms with E-state index in [0.29, 0.717) is 19.6 Å². The summed E-state index contributed by atoms with van der Waals surface area (Å²) in [5.74, 6) is 0.814. The molecule has 0 radical (unpaired) electrons. The normalized spacial score (nSPS) is 15.0. The van der Waals surface area contributed by atoms with Gasteiger partial charge in [-0.3, -0.25) is 0 Å². The van der Waals surface area contributed by atoms with Crippen LogP contribution in [0, 0.1) is 0 Å². The lowest BCUT2D eigenvalue weighted by atomic mass is 10.0. The van der Waals surface area contributed by atoms with E-state index in [1.54, 1.807) is 13.2 Å². The van der Waals surface area contributed by atoms with Crippen LogP contribution in [0.2, 0.25) is 0 Å². The molecule has 23 heavy (non-hydrogen) atoms. The molecule has 1 N–H and O–H groups in total. The lowest BCUT2D eigenvalue weighted by molar-refractivity contribution is -0.100. The minimum Gasteiger partial charge on any atom is -0.497 e. The maximum Gasteiger partial charge on any atom is 0.118 e. The average molecular weight is 322 g/mol. The smallest absolute Gasteiger partial charge is 0.118 e. The van der Waals surface area contributed by atoms with Gasteiger partial charge in [-0.15, -0.1) is 6.58 Å². The first-order valence-electron chi connectivity index (χ1n) is 8.27. The second kappa shape index (κ2) is 11.2. The lowest BCUT2D eigenvalue weighted by Crippen LogP contribution is -2.40. The predicted octanol–water partition coefficient (Wildman–Crippen LogP) is 3.38. The summed E-state index contributed by atoms with van der Waals surface area (Å²) in [5, 5.41) is 10.6. The van der Waals surface area contributed by atoms with Crippen molar-refractivity contribution in [3.05, 3.63) is 42.5 Å². The monoisotopic (exact) mass is 322 g/mol. The van der Waals surface area contributed by atoms with Crippen molar-refractivity contribution >= 4 is 0 Å². The molecule has 1 rings (SSSR count). The first kappa shape index (κ1) is 19.7. The van der Waals surface area contributed by atoms with Crippen molar-refractivity contribution in [3.63, 3.8) is 0 Å². The van der Waals surface area contributed by atoms with E-state index in [0.717, 1.165) is 24.2 Å². The second-order valence-electron chi connectivity index (χ2n) is 5.63. The van der Waals surface area contributed by atoms with Crippen molar-refractivity contribution in [2.45, 2.75) is 51.4 Å². The van der Waals surface area contributed by atoms with E-state index < -0.39 is 6.10 Å². The van der Waals surface area contributed by atoms with Gasteiger partial charge in [-0.05, 0) is 31.0 Å². The van der Waals surface area contributed by atoms with Gasteiger partial charge in [-0.25, -0.2) is 0 Å². The molecule has 0 aromatic heterocycles. The molecule has 3 atom stereocenters. The Hall–Kier alpha value is -1.36. The highest BCUT2D eigenvalue weighted by Gasteiger charge is 2.26. The molecule has 0 unspecified atom stereocenters. The molecule has 4 heteroatoms. The number of ether oxygens (including phenoxy) is 3. The molecule has 0 saturated heterocycles. The van der Waals surface area contributed by atoms with Crippen molar-refractivity contribution < 1.29 is 19.3 Å². The molecule has 1 aromatic rings. The van der Waals surface area contributed by atoms with Gasteiger partial charge in [0.15, 0.2) is 0 Å². The zero-order chi connectivity index (χ0) is 17.1. The Morgan fingerprint density at radius 2 is 1.91 bits per heavy atom. The van der Waals surface area contributed by atoms with Crippen LogP contribution >= 0.6 is 0 Å². The summed E-state index contributed by atoms with van der Waals surface area (Å²) < 4.78 is 16.6. The number of hydrogen-bond donors (Lipinski definition) is 1. The Morgan fingerprint density at radius 1 is 1.22 bits per heavy atom. The van der Waals surface area contributed by atoms with Gasteiger partial charge in [-0.1, -0.05) is 31.6 Å². The zero-order valence-electron chi connectivity index (χ0n) is 14.5. The fraction of sp³-hybridized carbons (Fsp3) is 0.579. The molecule has 0 spiro atoms. The summed E-state index contributed by atoms with van der Waals surface area (Å²) in [6.45, 7) is 8.74. The molecule has 0 amide bonds. The van der Waals surface area contributed by atoms with Crippen LogP contribution in [0.5, 0.6) is 5.75 Å². The number of methoxy groups -OCH3 is 1. The van der Waals surface area contributed by atoms with Gasteiger partial charge in [0, 0.05) is 13.0 Å². The highest BCUT2D eigenvalue weighted by Crippen LogP contribution is 2.17. The molecule has 1 aromatic carbocycles. The highest BCUT2D eigenvalue weighted by molar-refractivity contribution is 5.27. The molecule has 0 aliphatic heterocycles. The van der Waals surface area contributed by atoms with E-state index in [2.05, 4.69) is 13.5 Å². The maximum atomic E-state index is 10.6. The molecule has 0 saturated carbocycles. The van der Waals surface area contributed by atoms with E-state index in [4.69, 9.17) is 14.2 Å². The van der Waals surface area contributed by atoms with Crippen LogP contribution < -0.4 is 4.74 Å². The van der Waals surface area contributed by atoms with Crippen molar-refractivity contribution in [2.75, 3.05) is 20.3 Å². The maximum absolute atomic E-state index is 10.6. The standard InChI is InChI=1S/C19H30O4/c1-5-7-13-22-15(3)19(20)18(23-12-6-2)14-16-8-10-17(21-4)11-9-16/h6,8-11,15,18-20H,2,5,7,12-14H2,1,3-4H3/t15-,18+,19-/m0/s1. The number of rotatable bonds is 12. The molecule has 0 bridgehead atoms. The summed E-state index contributed by atoms with van der Waals surface area (Å²) in [7, 11) is 1.64. The minimum absolute atomic E-state index is 0.269. The van der Waals surface area contributed by atoms with Gasteiger partial charge in [-0.2, -0.15) is 0 Å². The Labute approximate surface area is 140 Å². The van der Waals surface area contributed by atoms with Gasteiger partial charge in [0.05, 0.1) is 25.9 Å². The molecule has 0 aliphatic carbocycles. The van der Waals surface area contributed by atoms with E-state index in [9.17, 15) is 5.11 Å². The summed E-state index contributed by atoms with van der Waals surface area (Å²) in [4.78, 5) is 0. The SMILES string of the molecule is C=CCO[C@H](Cc1ccc(OC)cc1)[C@@H](O)[C@H](C)OCCCC. The summed E-state index contributed by atoms with van der Waals surface area (Å²) in [6.07, 6.45) is 3.08. The van der Waals surface area contributed by atoms with E-state index in [-0.39, 0.29) is 12.2 Å². The first-order chi connectivity index (χ1) is 11.1. The van der Waals surface area contributed by atoms with Gasteiger partial charge in [0.1, 0.15) is 11.9 Å². The Balaban J connectivity index is 2.66. The number of hydrogen-bond acceptors (Lipinski definition) is 4. The van der Waals surface area contributed by atoms with Crippen LogP contribution in [0.25, 0.3) is 0 Å². The highest BCUT2D eigenvalue weighted by atomic mass is 16.5. The molecule has 130 valence electrons. The zero-order valence-corrected chi connectivity index (χ0v) is 14.5. The van der Waals surface area contributed by atoms with Crippen molar-refractivity contribution in [1.82, 2.24) is 0 Å². The summed E-state index contributed by atoms with van der Waals surface area (Å²) >= 11 is 0. The average Bonchev–Trinajstić information content (AvgIpc) is 2.58. The molecule has 0 fully saturated rings. The number of unbranched alkanes of at least 4 members (excludes halogenated alkanes) is 1. The Morgan fingerprint density at radius 3 is 2.48 bits per heavy atom. The Kier molecular flexibility index (Phi) is 9.60. The van der Waals surface area contributed by atoms with Gasteiger partial charge < -0.3 is 19.3 Å². The summed E-state index contributed by atoms with van der Waals surface area (Å²) in [6, 6.07) is 7.79. The predicted molar refractivity (Wildman–Crippen MR) is 93.0 cm³/mol. The lowest BCUT2D eigenvalue weighted by Gasteiger charge is -2.28. The van der Waals surface area contributed by atoms with Gasteiger partial charge >= 0.3 is 0 Å². The number of benzene rings is 1. The topological polar surface area (TPSA) is 47.9 Å². The van der Waals surface area contributed by atoms with Crippen LogP contribution in [0.15, 0.2) is 36.9 Å². The second-order valence-corrected chi connectivity index (χ2v) is 5.63. The summed E-state index contributed by atoms with van der Waals surface area (Å²) in [5.41, 5.74) is 1.08. The van der Waals surface area contributed by atoms with Crippen molar-refractivity contribution in [1.29, 1.82) is 0 Å². The van der Waals surface area contributed by atoms with E-state index in [1.165, 1.54) is 0 Å². The quantitative estimate of drug-likeness (QED) is 0.473. The van der Waals surface area contributed by atoms with Gasteiger partial charge in [0.25, 0.3) is 0 Å². The fourth-order valence-corrected chi connectivity index (χ4v) is 2.28. The van der Waals surface area contributed by atoms with Crippen LogP contribution in [0.3, 0.4) is 0 Å². The molecule has 0 heterocycles. The first-order valence-corrected chi connectivity index (χ1v) is 8.27. The third-order valence-electron chi connectivity index (χ3n) is 3.76. The van der Waals surface area contributed by atoms with Crippen molar-refractivity contribution in [2.24, 2.45) is 0 Å². The molecular formula is C19H30O4. The van der Waals surface area contributed by atoms with E-state index >= 15 is 0 Å². The third kappa shape index (κ3) is 7.16. The van der Waals surface area contributed by atoms with Crippen LogP contribution in [0.1, 0.15) is 32.3 Å². The number of aliphatic hydroxyl groups is 1.